The summed E-state index contributed by atoms with van der Waals surface area (Å²) in [5.41, 5.74) is 0.350. The average molecular weight is 439 g/mol. The summed E-state index contributed by atoms with van der Waals surface area (Å²) in [4.78, 5) is 12.1. The van der Waals surface area contributed by atoms with E-state index in [9.17, 15) is 4.79 Å². The number of hydrogen-bond acceptors (Lipinski definition) is 4. The van der Waals surface area contributed by atoms with Crippen LogP contribution in [0.5, 0.6) is 5.75 Å². The van der Waals surface area contributed by atoms with Gasteiger partial charge in [0, 0.05) is 36.7 Å². The van der Waals surface area contributed by atoms with E-state index in [0.717, 1.165) is 17.4 Å². The molecular formula is C17H17BrClN5O2. The van der Waals surface area contributed by atoms with Crippen LogP contribution in [0.1, 0.15) is 16.9 Å². The Balaban J connectivity index is 1.45. The first-order valence-electron chi connectivity index (χ1n) is 7.99. The average Bonchev–Trinajstić information content (AvgIpc) is 3.29. The molecule has 9 heteroatoms. The molecule has 0 radical (unpaired) electrons. The highest BCUT2D eigenvalue weighted by atomic mass is 79.9. The van der Waals surface area contributed by atoms with Crippen LogP contribution in [0.4, 0.5) is 0 Å². The smallest absolute Gasteiger partial charge is 0.271 e. The summed E-state index contributed by atoms with van der Waals surface area (Å²) in [5.74, 6) is 0.436. The number of carbonyl (C=O) groups is 1. The Morgan fingerprint density at radius 2 is 2.15 bits per heavy atom. The number of hydrogen-bond donors (Lipinski definition) is 1. The van der Waals surface area contributed by atoms with E-state index in [1.165, 1.54) is 0 Å². The second-order valence-corrected chi connectivity index (χ2v) is 6.76. The summed E-state index contributed by atoms with van der Waals surface area (Å²) in [6, 6.07) is 8.79. The van der Waals surface area contributed by atoms with Gasteiger partial charge in [-0.2, -0.15) is 10.2 Å². The number of benzene rings is 1. The second-order valence-electron chi connectivity index (χ2n) is 5.47. The third kappa shape index (κ3) is 5.09. The molecule has 2 aromatic heterocycles. The van der Waals surface area contributed by atoms with E-state index >= 15 is 0 Å². The maximum Gasteiger partial charge on any atom is 0.271 e. The molecule has 0 aliphatic heterocycles. The fourth-order valence-corrected chi connectivity index (χ4v) is 3.05. The van der Waals surface area contributed by atoms with E-state index < -0.39 is 0 Å². The second kappa shape index (κ2) is 8.86. The molecule has 26 heavy (non-hydrogen) atoms. The minimum Gasteiger partial charge on any atom is -0.470 e. The summed E-state index contributed by atoms with van der Waals surface area (Å²) in [6.07, 6.45) is 6.11. The van der Waals surface area contributed by atoms with Crippen LogP contribution >= 0.6 is 27.5 Å². The fourth-order valence-electron chi connectivity index (χ4n) is 2.25. The van der Waals surface area contributed by atoms with E-state index in [1.54, 1.807) is 41.3 Å². The molecule has 2 heterocycles. The van der Waals surface area contributed by atoms with Crippen LogP contribution in [0.2, 0.25) is 5.02 Å². The van der Waals surface area contributed by atoms with Gasteiger partial charge in [-0.05, 0) is 52.7 Å². The van der Waals surface area contributed by atoms with Gasteiger partial charge in [0.2, 0.25) is 0 Å². The number of aromatic nitrogens is 4. The quantitative estimate of drug-likeness (QED) is 0.547. The monoisotopic (exact) mass is 437 g/mol. The van der Waals surface area contributed by atoms with Gasteiger partial charge in [-0.25, -0.2) is 4.68 Å². The number of rotatable bonds is 8. The van der Waals surface area contributed by atoms with Crippen molar-refractivity contribution in [1.29, 1.82) is 0 Å². The van der Waals surface area contributed by atoms with Crippen LogP contribution in [0.25, 0.3) is 0 Å². The molecule has 0 bridgehead atoms. The molecule has 1 amide bonds. The molecular weight excluding hydrogens is 422 g/mol. The molecule has 0 fully saturated rings. The maximum absolute atomic E-state index is 12.1. The third-order valence-electron chi connectivity index (χ3n) is 3.53. The van der Waals surface area contributed by atoms with Crippen LogP contribution in [-0.2, 0) is 13.3 Å². The zero-order valence-corrected chi connectivity index (χ0v) is 16.2. The van der Waals surface area contributed by atoms with Crippen LogP contribution in [0.15, 0.2) is 53.4 Å². The van der Waals surface area contributed by atoms with Crippen molar-refractivity contribution >= 4 is 33.4 Å². The largest absolute Gasteiger partial charge is 0.470 e. The van der Waals surface area contributed by atoms with Crippen LogP contribution in [0.3, 0.4) is 0 Å². The number of ether oxygens (including phenoxy) is 1. The Hall–Kier alpha value is -2.32. The Morgan fingerprint density at radius 3 is 2.92 bits per heavy atom. The van der Waals surface area contributed by atoms with Crippen LogP contribution < -0.4 is 10.1 Å². The number of halogens is 2. The Morgan fingerprint density at radius 1 is 1.27 bits per heavy atom. The number of carbonyl (C=O) groups excluding carboxylic acids is 1. The first kappa shape index (κ1) is 18.5. The topological polar surface area (TPSA) is 74.0 Å². The molecule has 0 aliphatic rings. The van der Waals surface area contributed by atoms with E-state index in [2.05, 4.69) is 31.4 Å². The molecule has 0 saturated carbocycles. The first-order valence-corrected chi connectivity index (χ1v) is 9.16. The van der Waals surface area contributed by atoms with Crippen LogP contribution in [0, 0.1) is 0 Å². The zero-order valence-electron chi connectivity index (χ0n) is 13.8. The zero-order chi connectivity index (χ0) is 18.4. The molecule has 7 nitrogen and oxygen atoms in total. The van der Waals surface area contributed by atoms with Crippen molar-refractivity contribution < 1.29 is 9.53 Å². The standard InChI is InChI=1S/C17H17BrClN5O2/c18-14-11-13(19)3-4-16(14)26-12-24-10-5-15(22-24)17(25)20-6-1-8-23-9-2-7-21-23/h2-5,7,9-11H,1,6,8,12H2,(H,20,25). The van der Waals surface area contributed by atoms with E-state index in [-0.39, 0.29) is 12.6 Å². The third-order valence-corrected chi connectivity index (χ3v) is 4.38. The molecule has 0 saturated heterocycles. The van der Waals surface area contributed by atoms with Crippen molar-refractivity contribution in [1.82, 2.24) is 24.9 Å². The lowest BCUT2D eigenvalue weighted by molar-refractivity contribution is 0.0945. The lowest BCUT2D eigenvalue weighted by Crippen LogP contribution is -2.26. The molecule has 3 aromatic rings. The van der Waals surface area contributed by atoms with Crippen molar-refractivity contribution in [3.63, 3.8) is 0 Å². The Kier molecular flexibility index (Phi) is 6.30. The Bertz CT molecular complexity index is 866. The van der Waals surface area contributed by atoms with Crippen molar-refractivity contribution in [3.05, 3.63) is 64.1 Å². The number of nitrogens with one attached hydrogen (secondary N) is 1. The predicted molar refractivity (Wildman–Crippen MR) is 101 cm³/mol. The number of nitrogens with zero attached hydrogens (tertiary/aromatic N) is 4. The minimum absolute atomic E-state index is 0.187. The van der Waals surface area contributed by atoms with Gasteiger partial charge in [-0.3, -0.25) is 9.48 Å². The van der Waals surface area contributed by atoms with Gasteiger partial charge in [0.1, 0.15) is 11.4 Å². The van der Waals surface area contributed by atoms with Crippen molar-refractivity contribution in [2.45, 2.75) is 19.7 Å². The van der Waals surface area contributed by atoms with Gasteiger partial charge >= 0.3 is 0 Å². The molecule has 1 N–H and O–H groups in total. The van der Waals surface area contributed by atoms with Gasteiger partial charge in [0.25, 0.3) is 5.91 Å². The normalized spacial score (nSPS) is 10.7. The SMILES string of the molecule is O=C(NCCCn1cccn1)c1ccn(COc2ccc(Cl)cc2Br)n1. The summed E-state index contributed by atoms with van der Waals surface area (Å²) in [6.45, 7) is 1.50. The first-order chi connectivity index (χ1) is 12.6. The van der Waals surface area contributed by atoms with Gasteiger partial charge in [0.05, 0.1) is 4.47 Å². The van der Waals surface area contributed by atoms with Gasteiger partial charge < -0.3 is 10.1 Å². The van der Waals surface area contributed by atoms with Crippen molar-refractivity contribution in [3.8, 4) is 5.75 Å². The van der Waals surface area contributed by atoms with Gasteiger partial charge in [0.15, 0.2) is 6.73 Å². The number of aryl methyl sites for hydroxylation is 1. The fraction of sp³-hybridized carbons (Fsp3) is 0.235. The summed E-state index contributed by atoms with van der Waals surface area (Å²) >= 11 is 9.29. The summed E-state index contributed by atoms with van der Waals surface area (Å²) in [7, 11) is 0. The minimum atomic E-state index is -0.211. The highest BCUT2D eigenvalue weighted by molar-refractivity contribution is 9.10. The van der Waals surface area contributed by atoms with E-state index in [4.69, 9.17) is 16.3 Å². The molecule has 0 atom stereocenters. The van der Waals surface area contributed by atoms with Crippen LogP contribution in [-0.4, -0.2) is 32.0 Å². The van der Waals surface area contributed by atoms with Gasteiger partial charge in [-0.15, -0.1) is 0 Å². The van der Waals surface area contributed by atoms with Crippen molar-refractivity contribution in [2.75, 3.05) is 6.54 Å². The molecule has 3 rings (SSSR count). The maximum atomic E-state index is 12.1. The number of amides is 1. The van der Waals surface area contributed by atoms with Crippen molar-refractivity contribution in [2.24, 2.45) is 0 Å². The lowest BCUT2D eigenvalue weighted by Gasteiger charge is -2.08. The molecule has 136 valence electrons. The lowest BCUT2D eigenvalue weighted by atomic mass is 10.3. The molecule has 0 unspecified atom stereocenters. The summed E-state index contributed by atoms with van der Waals surface area (Å²) in [5, 5.41) is 11.8. The molecule has 0 aliphatic carbocycles. The Labute approximate surface area is 164 Å². The highest BCUT2D eigenvalue weighted by Gasteiger charge is 2.09. The summed E-state index contributed by atoms with van der Waals surface area (Å²) < 4.78 is 9.80. The van der Waals surface area contributed by atoms with Gasteiger partial charge in [-0.1, -0.05) is 11.6 Å². The van der Waals surface area contributed by atoms with E-state index in [1.807, 2.05) is 16.9 Å². The molecule has 0 spiro atoms. The van der Waals surface area contributed by atoms with E-state index in [0.29, 0.717) is 23.0 Å². The predicted octanol–water partition coefficient (Wildman–Crippen LogP) is 3.35. The molecule has 1 aromatic carbocycles. The highest BCUT2D eigenvalue weighted by Crippen LogP contribution is 2.28.